The number of aliphatic hydroxyl groups excluding tert-OH is 1. The first-order chi connectivity index (χ1) is 19.7. The summed E-state index contributed by atoms with van der Waals surface area (Å²) in [4.78, 5) is 25.0. The maximum Gasteiger partial charge on any atom is -0.415 e. The van der Waals surface area contributed by atoms with Crippen molar-refractivity contribution in [3.8, 4) is 17.2 Å². The van der Waals surface area contributed by atoms with Crippen molar-refractivity contribution in [2.45, 2.75) is 30.7 Å². The van der Waals surface area contributed by atoms with Gasteiger partial charge in [-0.2, -0.15) is 0 Å². The number of carbonyl (C=O) groups is 1. The van der Waals surface area contributed by atoms with Gasteiger partial charge in [0, 0.05) is 0 Å². The minimum Gasteiger partial charge on any atom is -0.415 e. The van der Waals surface area contributed by atoms with Gasteiger partial charge in [0.15, 0.2) is 0 Å². The average Bonchev–Trinajstić information content (AvgIpc) is 3.42. The normalized spacial score (nSPS) is 11.3. The number of nitro benzene ring substituents is 1. The Morgan fingerprint density at radius 2 is 1.93 bits per heavy atom. The van der Waals surface area contributed by atoms with Crippen molar-refractivity contribution in [3.63, 3.8) is 0 Å². The van der Waals surface area contributed by atoms with Crippen LogP contribution in [-0.4, -0.2) is 51.2 Å². The van der Waals surface area contributed by atoms with E-state index in [4.69, 9.17) is 19.3 Å². The first kappa shape index (κ1) is 30.2. The van der Waals surface area contributed by atoms with Crippen LogP contribution in [0.15, 0.2) is 58.2 Å². The van der Waals surface area contributed by atoms with Crippen molar-refractivity contribution in [1.82, 2.24) is 10.2 Å². The number of nitro groups is 1. The first-order valence-electron chi connectivity index (χ1n) is 12.3. The van der Waals surface area contributed by atoms with Gasteiger partial charge in [0.1, 0.15) is 6.42 Å². The van der Waals surface area contributed by atoms with Crippen molar-refractivity contribution in [1.29, 1.82) is 5.41 Å². The van der Waals surface area contributed by atoms with Gasteiger partial charge in [-0.1, -0.05) is 6.92 Å². The molecule has 1 aromatic heterocycles. The summed E-state index contributed by atoms with van der Waals surface area (Å²) in [5.74, 6) is 0.0522. The van der Waals surface area contributed by atoms with E-state index in [1.54, 1.807) is 35.3 Å². The second-order valence-corrected chi connectivity index (χ2v) is 14.7. The molecule has 0 aliphatic rings. The molecule has 216 valence electrons. The fourth-order valence-corrected chi connectivity index (χ4v) is 6.18. The molecule has 0 atom stereocenters. The average molecular weight is 695 g/mol. The Morgan fingerprint density at radius 1 is 1.17 bits per heavy atom. The van der Waals surface area contributed by atoms with Crippen molar-refractivity contribution < 1.29 is 33.8 Å². The molecule has 0 fully saturated rings. The molecule has 4 rings (SSSR count). The molecule has 0 saturated carbocycles. The van der Waals surface area contributed by atoms with Crippen LogP contribution in [-0.2, 0) is 21.7 Å². The number of alkyl halides is 2. The Hall–Kier alpha value is -3.76. The number of hydrogen-bond acceptors (Lipinski definition) is 12. The van der Waals surface area contributed by atoms with Crippen molar-refractivity contribution in [2.75, 3.05) is 16.2 Å². The number of aliphatic hydroxyl groups is 1. The van der Waals surface area contributed by atoms with Gasteiger partial charge in [-0.3, -0.25) is 4.79 Å². The zero-order valence-corrected chi connectivity index (χ0v) is 25.1. The van der Waals surface area contributed by atoms with Crippen molar-refractivity contribution >= 4 is 57.7 Å². The molecule has 1 heterocycles. The predicted octanol–water partition coefficient (Wildman–Crippen LogP) is 5.83. The van der Waals surface area contributed by atoms with Gasteiger partial charge in [0.05, 0.1) is 6.61 Å². The van der Waals surface area contributed by atoms with Crippen LogP contribution >= 0.6 is 31.6 Å². The molecule has 3 aromatic carbocycles. The number of ether oxygens (including phenoxy) is 2. The van der Waals surface area contributed by atoms with E-state index in [1.807, 2.05) is 6.92 Å². The van der Waals surface area contributed by atoms with Crippen molar-refractivity contribution in [2.24, 2.45) is 0 Å². The second-order valence-electron chi connectivity index (χ2n) is 8.65. The smallest absolute Gasteiger partial charge is 0.415 e. The van der Waals surface area contributed by atoms with E-state index in [9.17, 15) is 25.1 Å². The Kier molecular flexibility index (Phi) is 10.1. The molecule has 12 nitrogen and oxygen atoms in total. The van der Waals surface area contributed by atoms with Crippen molar-refractivity contribution in [3.05, 3.63) is 75.7 Å². The molecule has 0 amide bonds. The molecular formula is C27H27IN4O8S. The number of esters is 1. The molecule has 3 N–H and O–H groups in total. The maximum atomic E-state index is 12.0. The van der Waals surface area contributed by atoms with Crippen LogP contribution in [0.3, 0.4) is 0 Å². The third-order valence-electron chi connectivity index (χ3n) is 5.73. The van der Waals surface area contributed by atoms with E-state index >= 15 is 0 Å². The molecule has 0 bridgehead atoms. The van der Waals surface area contributed by atoms with Gasteiger partial charge in [-0.05, 0) is 6.42 Å². The molecule has 4 aromatic rings. The van der Waals surface area contributed by atoms with E-state index in [-0.39, 0.29) is 60.1 Å². The van der Waals surface area contributed by atoms with Gasteiger partial charge >= 0.3 is 191 Å². The van der Waals surface area contributed by atoms with Gasteiger partial charge in [0.2, 0.25) is 5.89 Å². The van der Waals surface area contributed by atoms with E-state index in [0.717, 1.165) is 11.8 Å². The fourth-order valence-electron chi connectivity index (χ4n) is 3.72. The van der Waals surface area contributed by atoms with Gasteiger partial charge in [0.25, 0.3) is 0 Å². The molecular weight excluding hydrogens is 667 g/mol. The SMILES string of the molecule is CCCOC(=O)Cc1nnc(SCc2ccc(Oc3cc(C(=N)I(C)CO)c(O)c4ccccc34)c([N+](=O)[O-])c2)o1. The zero-order valence-electron chi connectivity index (χ0n) is 22.1. The third-order valence-corrected chi connectivity index (χ3v) is 10.1. The monoisotopic (exact) mass is 694 g/mol. The Labute approximate surface area is 246 Å². The Bertz CT molecular complexity index is 1600. The van der Waals surface area contributed by atoms with E-state index in [0.29, 0.717) is 29.4 Å². The number of phenolic OH excluding ortho intramolecular Hbond substituents is 1. The summed E-state index contributed by atoms with van der Waals surface area (Å²) < 4.78 is 16.6. The number of aromatic nitrogens is 2. The summed E-state index contributed by atoms with van der Waals surface area (Å²) in [6.07, 6.45) is 0.564. The van der Waals surface area contributed by atoms with Gasteiger partial charge in [-0.15, -0.1) is 10.2 Å². The quantitative estimate of drug-likeness (QED) is 0.0291. The fraction of sp³-hybridized carbons (Fsp3) is 0.259. The summed E-state index contributed by atoms with van der Waals surface area (Å²) in [6, 6.07) is 12.9. The van der Waals surface area contributed by atoms with Crippen LogP contribution in [0.4, 0.5) is 5.69 Å². The molecule has 0 spiro atoms. The minimum absolute atomic E-state index is 0.0169. The number of fused-ring (bicyclic) bond motifs is 1. The topological polar surface area (TPSA) is 182 Å². The summed E-state index contributed by atoms with van der Waals surface area (Å²) in [5.41, 5.74) is 0.549. The molecule has 0 aliphatic heterocycles. The molecule has 0 radical (unpaired) electrons. The number of thioether (sulfide) groups is 1. The number of phenols is 1. The number of aromatic hydroxyl groups is 1. The summed E-state index contributed by atoms with van der Waals surface area (Å²) in [7, 11) is 0. The second kappa shape index (κ2) is 13.7. The van der Waals surface area contributed by atoms with E-state index < -0.39 is 30.7 Å². The van der Waals surface area contributed by atoms with Gasteiger partial charge < -0.3 is 9.15 Å². The number of halogens is 1. The summed E-state index contributed by atoms with van der Waals surface area (Å²) in [6.45, 7) is 2.20. The zero-order chi connectivity index (χ0) is 29.5. The largest absolute Gasteiger partial charge is 0.415 e. The Balaban J connectivity index is 1.56. The number of rotatable bonds is 13. The number of nitrogens with one attached hydrogen (secondary N) is 1. The van der Waals surface area contributed by atoms with Crippen LogP contribution in [0, 0.1) is 15.5 Å². The molecule has 0 unspecified atom stereocenters. The first-order valence-corrected chi connectivity index (χ1v) is 18.0. The van der Waals surface area contributed by atoms with Crippen LogP contribution in [0.2, 0.25) is 0 Å². The van der Waals surface area contributed by atoms with E-state index in [2.05, 4.69) is 10.2 Å². The summed E-state index contributed by atoms with van der Waals surface area (Å²) in [5, 5.41) is 49.8. The summed E-state index contributed by atoms with van der Waals surface area (Å²) >= 11 is -1.05. The standard InChI is InChI=1S/C27H27IN4O8S/c1-3-10-38-24(34)13-23-30-31-27(40-23)41-14-16-8-9-21(20(11-16)32(36)37)39-22-12-19(26(29)28(2)15-33)25(35)18-7-5-4-6-17(18)22/h4-9,11-12,29,33,35H,3,10,13-15H2,1-2H3. The third kappa shape index (κ3) is 7.31. The van der Waals surface area contributed by atoms with E-state index in [1.165, 1.54) is 18.2 Å². The number of hydrogen-bond donors (Lipinski definition) is 3. The number of carbonyl (C=O) groups excluding carboxylic acids is 1. The van der Waals surface area contributed by atoms with Crippen LogP contribution < -0.4 is 4.74 Å². The molecule has 0 saturated heterocycles. The van der Waals surface area contributed by atoms with Crippen LogP contribution in [0.1, 0.15) is 30.4 Å². The van der Waals surface area contributed by atoms with Crippen LogP contribution in [0.25, 0.3) is 10.8 Å². The van der Waals surface area contributed by atoms with Crippen LogP contribution in [0.5, 0.6) is 17.2 Å². The number of benzene rings is 3. The maximum absolute atomic E-state index is 12.0. The molecule has 41 heavy (non-hydrogen) atoms. The molecule has 0 aliphatic carbocycles. The number of nitrogens with zero attached hydrogens (tertiary/aromatic N) is 3. The molecule has 14 heteroatoms. The predicted molar refractivity (Wildman–Crippen MR) is 161 cm³/mol. The minimum atomic E-state index is -2.21. The van der Waals surface area contributed by atoms with Gasteiger partial charge in [-0.25, -0.2) is 0 Å². The Morgan fingerprint density at radius 3 is 2.63 bits per heavy atom.